The number of hydrogen-bond donors (Lipinski definition) is 4. The number of methoxy groups -OCH3 is 1. The number of esters is 1. The molecule has 1 aromatic rings. The van der Waals surface area contributed by atoms with E-state index < -0.39 is 29.0 Å². The Bertz CT molecular complexity index is 726. The molecule has 29 heavy (non-hydrogen) atoms. The molecule has 0 radical (unpaired) electrons. The fourth-order valence-electron chi connectivity index (χ4n) is 2.18. The Morgan fingerprint density at radius 3 is 2.83 bits per heavy atom. The zero-order valence-electron chi connectivity index (χ0n) is 16.1. The first kappa shape index (κ1) is 24.2. The highest BCUT2D eigenvalue weighted by Gasteiger charge is 2.24. The maximum absolute atomic E-state index is 12.4. The number of nitrogens with one attached hydrogen (secondary N) is 2. The van der Waals surface area contributed by atoms with Gasteiger partial charge in [0.25, 0.3) is 11.9 Å². The van der Waals surface area contributed by atoms with E-state index in [1.54, 1.807) is 17.2 Å². The van der Waals surface area contributed by atoms with Crippen LogP contribution in [0.3, 0.4) is 0 Å². The summed E-state index contributed by atoms with van der Waals surface area (Å²) in [6, 6.07) is -1.39. The van der Waals surface area contributed by atoms with Gasteiger partial charge in [0, 0.05) is 6.54 Å². The Morgan fingerprint density at radius 1 is 1.48 bits per heavy atom. The van der Waals surface area contributed by atoms with Crippen LogP contribution >= 0.6 is 11.8 Å². The molecule has 0 spiro atoms. The Labute approximate surface area is 171 Å². The second-order valence-corrected chi connectivity index (χ2v) is 6.77. The number of hydrogen-bond acceptors (Lipinski definition) is 10. The number of nitro groups is 1. The first-order chi connectivity index (χ1) is 13.8. The third kappa shape index (κ3) is 8.78. The number of hydrazine groups is 1. The number of aliphatic imine (C=N–C) groups is 1. The Morgan fingerprint density at radius 2 is 2.21 bits per heavy atom. The highest BCUT2D eigenvalue weighted by molar-refractivity contribution is 7.98. The van der Waals surface area contributed by atoms with Crippen LogP contribution in [-0.4, -0.2) is 59.6 Å². The minimum atomic E-state index is -0.960. The number of nitrogens with zero attached hydrogens (tertiary/aromatic N) is 3. The molecule has 2 atom stereocenters. The van der Waals surface area contributed by atoms with E-state index in [4.69, 9.17) is 15.9 Å². The molecule has 1 heterocycles. The SMILES string of the molecule is COC(=O)C(CCCN=C(N)N[N+](=O)[O-])NC(=O)c1coc(C(N)CCSC)n1. The predicted octanol–water partition coefficient (Wildman–Crippen LogP) is -0.425. The van der Waals surface area contributed by atoms with Gasteiger partial charge in [-0.05, 0) is 31.3 Å². The van der Waals surface area contributed by atoms with Gasteiger partial charge in [-0.2, -0.15) is 11.8 Å². The average Bonchev–Trinajstić information content (AvgIpc) is 3.17. The van der Waals surface area contributed by atoms with Crippen molar-refractivity contribution in [1.29, 1.82) is 0 Å². The van der Waals surface area contributed by atoms with Crippen LogP contribution in [0, 0.1) is 10.1 Å². The maximum atomic E-state index is 12.4. The smallest absolute Gasteiger partial charge is 0.328 e. The zero-order chi connectivity index (χ0) is 21.8. The van der Waals surface area contributed by atoms with E-state index in [1.807, 2.05) is 6.26 Å². The quantitative estimate of drug-likeness (QED) is 0.0835. The van der Waals surface area contributed by atoms with Crippen molar-refractivity contribution in [2.24, 2.45) is 16.5 Å². The van der Waals surface area contributed by atoms with Crippen LogP contribution in [0.2, 0.25) is 0 Å². The normalized spacial score (nSPS) is 13.4. The maximum Gasteiger partial charge on any atom is 0.328 e. The number of carbonyl (C=O) groups excluding carboxylic acids is 2. The van der Waals surface area contributed by atoms with Gasteiger partial charge < -0.3 is 25.9 Å². The minimum absolute atomic E-state index is 0.00838. The zero-order valence-corrected chi connectivity index (χ0v) is 16.9. The number of ether oxygens (including phenoxy) is 1. The summed E-state index contributed by atoms with van der Waals surface area (Å²) in [4.78, 5) is 42.3. The lowest BCUT2D eigenvalue weighted by Crippen LogP contribution is -2.42. The largest absolute Gasteiger partial charge is 0.467 e. The summed E-state index contributed by atoms with van der Waals surface area (Å²) >= 11 is 1.63. The monoisotopic (exact) mass is 431 g/mol. The van der Waals surface area contributed by atoms with Crippen molar-refractivity contribution in [3.8, 4) is 0 Å². The van der Waals surface area contributed by atoms with Gasteiger partial charge in [-0.1, -0.05) is 5.43 Å². The molecule has 0 aliphatic carbocycles. The molecule has 14 heteroatoms. The highest BCUT2D eigenvalue weighted by atomic mass is 32.2. The van der Waals surface area contributed by atoms with E-state index in [0.717, 1.165) is 5.75 Å². The van der Waals surface area contributed by atoms with E-state index in [0.29, 0.717) is 12.8 Å². The fourth-order valence-corrected chi connectivity index (χ4v) is 2.67. The predicted molar refractivity (Wildman–Crippen MR) is 106 cm³/mol. The molecule has 6 N–H and O–H groups in total. The lowest BCUT2D eigenvalue weighted by molar-refractivity contribution is -0.525. The molecular formula is C15H25N7O6S. The second-order valence-electron chi connectivity index (χ2n) is 5.79. The van der Waals surface area contributed by atoms with Crippen LogP contribution < -0.4 is 22.2 Å². The van der Waals surface area contributed by atoms with Crippen molar-refractivity contribution in [3.05, 3.63) is 28.0 Å². The average molecular weight is 431 g/mol. The van der Waals surface area contributed by atoms with Crippen LogP contribution in [-0.2, 0) is 9.53 Å². The Kier molecular flexibility index (Phi) is 10.5. The number of thioether (sulfide) groups is 1. The van der Waals surface area contributed by atoms with Crippen molar-refractivity contribution < 1.29 is 23.8 Å². The van der Waals surface area contributed by atoms with E-state index in [9.17, 15) is 19.7 Å². The summed E-state index contributed by atoms with van der Waals surface area (Å²) in [5, 5.41) is 11.9. The minimum Gasteiger partial charge on any atom is -0.467 e. The van der Waals surface area contributed by atoms with Gasteiger partial charge in [-0.3, -0.25) is 4.79 Å². The van der Waals surface area contributed by atoms with Crippen LogP contribution in [0.1, 0.15) is 41.7 Å². The van der Waals surface area contributed by atoms with Gasteiger partial charge in [-0.15, -0.1) is 0 Å². The summed E-state index contributed by atoms with van der Waals surface area (Å²) in [6.45, 7) is 0.106. The van der Waals surface area contributed by atoms with E-state index in [2.05, 4.69) is 20.0 Å². The third-order valence-corrected chi connectivity index (χ3v) is 4.28. The molecule has 162 valence electrons. The number of nitrogens with two attached hydrogens (primary N) is 2. The number of guanidine groups is 1. The number of aromatic nitrogens is 1. The summed E-state index contributed by atoms with van der Waals surface area (Å²) in [5.74, 6) is -0.576. The molecule has 1 amide bonds. The fraction of sp³-hybridized carbons (Fsp3) is 0.600. The first-order valence-electron chi connectivity index (χ1n) is 8.58. The van der Waals surface area contributed by atoms with E-state index in [1.165, 1.54) is 13.4 Å². The summed E-state index contributed by atoms with van der Waals surface area (Å²) in [5.41, 5.74) is 12.9. The molecule has 2 unspecified atom stereocenters. The van der Waals surface area contributed by atoms with Crippen molar-refractivity contribution in [1.82, 2.24) is 15.7 Å². The molecule has 1 rings (SSSR count). The van der Waals surface area contributed by atoms with Crippen LogP contribution in [0.4, 0.5) is 0 Å². The van der Waals surface area contributed by atoms with E-state index >= 15 is 0 Å². The molecular weight excluding hydrogens is 406 g/mol. The molecule has 0 aliphatic rings. The van der Waals surface area contributed by atoms with E-state index in [-0.39, 0.29) is 30.5 Å². The number of rotatable bonds is 12. The molecule has 0 fully saturated rings. The second kappa shape index (κ2) is 12.6. The van der Waals surface area contributed by atoms with Crippen molar-refractivity contribution in [2.45, 2.75) is 31.3 Å². The molecule has 1 aromatic heterocycles. The number of carbonyl (C=O) groups is 2. The van der Waals surface area contributed by atoms with Crippen LogP contribution in [0.15, 0.2) is 15.7 Å². The summed E-state index contributed by atoms with van der Waals surface area (Å²) < 4.78 is 9.94. The molecule has 0 bridgehead atoms. The van der Waals surface area contributed by atoms with Gasteiger partial charge in [0.05, 0.1) is 13.2 Å². The Balaban J connectivity index is 2.64. The summed E-state index contributed by atoms with van der Waals surface area (Å²) in [7, 11) is 1.19. The molecule has 0 saturated carbocycles. The van der Waals surface area contributed by atoms with Crippen molar-refractivity contribution in [3.63, 3.8) is 0 Å². The lowest BCUT2D eigenvalue weighted by Gasteiger charge is -2.15. The molecule has 0 aromatic carbocycles. The third-order valence-electron chi connectivity index (χ3n) is 3.63. The van der Waals surface area contributed by atoms with Crippen molar-refractivity contribution in [2.75, 3.05) is 25.7 Å². The van der Waals surface area contributed by atoms with Gasteiger partial charge in [-0.25, -0.2) is 24.9 Å². The first-order valence-corrected chi connectivity index (χ1v) is 9.97. The highest BCUT2D eigenvalue weighted by Crippen LogP contribution is 2.16. The standard InChI is InChI=1S/C15H25N7O6S/c1-27-14(24)10(4-3-6-18-15(17)21-22(25)26)19-12(23)11-8-28-13(20-11)9(16)5-7-29-2/h8-10H,3-7,16H2,1-2H3,(H,19,23)(H3,17,18,21). The topological polar surface area (TPSA) is 201 Å². The Hall–Kier alpha value is -2.87. The van der Waals surface area contributed by atoms with Gasteiger partial charge in [0.1, 0.15) is 12.3 Å². The molecule has 0 aliphatic heterocycles. The summed E-state index contributed by atoms with van der Waals surface area (Å²) in [6.07, 6.45) is 4.25. The van der Waals surface area contributed by atoms with Gasteiger partial charge in [0.2, 0.25) is 5.89 Å². The van der Waals surface area contributed by atoms with Crippen LogP contribution in [0.25, 0.3) is 0 Å². The van der Waals surface area contributed by atoms with Crippen LogP contribution in [0.5, 0.6) is 0 Å². The number of amides is 1. The van der Waals surface area contributed by atoms with Gasteiger partial charge in [0.15, 0.2) is 10.7 Å². The lowest BCUT2D eigenvalue weighted by atomic mass is 10.1. The molecule has 0 saturated heterocycles. The molecule has 13 nitrogen and oxygen atoms in total. The number of oxazole rings is 1. The van der Waals surface area contributed by atoms with Crippen molar-refractivity contribution >= 4 is 29.6 Å². The van der Waals surface area contributed by atoms with Gasteiger partial charge >= 0.3 is 5.97 Å².